The third-order valence-corrected chi connectivity index (χ3v) is 17.3. The number of rotatable bonds is 70. The molecule has 0 radical (unpaired) electrons. The molecule has 3 N–H and O–H groups in total. The highest BCUT2D eigenvalue weighted by Crippen LogP contribution is 2.18. The number of nitrogens with one attached hydrogen (secondary N) is 1. The van der Waals surface area contributed by atoms with Crippen LogP contribution in [0.2, 0.25) is 0 Å². The molecule has 0 aliphatic heterocycles. The highest BCUT2D eigenvalue weighted by molar-refractivity contribution is 5.76. The molecule has 83 heavy (non-hydrogen) atoms. The third kappa shape index (κ3) is 68.8. The van der Waals surface area contributed by atoms with Gasteiger partial charge in [0.2, 0.25) is 5.91 Å². The van der Waals surface area contributed by atoms with Gasteiger partial charge < -0.3 is 20.3 Å². The Bertz CT molecular complexity index is 1390. The highest BCUT2D eigenvalue weighted by Gasteiger charge is 2.18. The van der Waals surface area contributed by atoms with E-state index in [1.54, 1.807) is 6.08 Å². The molecule has 6 heteroatoms. The van der Waals surface area contributed by atoms with Gasteiger partial charge in [-0.2, -0.15) is 0 Å². The number of hydrogen-bond donors (Lipinski definition) is 3. The number of carbonyl (C=O) groups excluding carboxylic acids is 2. The van der Waals surface area contributed by atoms with Gasteiger partial charge in [-0.25, -0.2) is 0 Å². The molecular formula is C77H145NO5. The fourth-order valence-corrected chi connectivity index (χ4v) is 11.6. The lowest BCUT2D eigenvalue weighted by molar-refractivity contribution is -0.143. The molecular weight excluding hydrogens is 1020 g/mol. The minimum Gasteiger partial charge on any atom is -0.466 e. The molecule has 0 saturated heterocycles. The van der Waals surface area contributed by atoms with E-state index in [0.29, 0.717) is 19.4 Å². The monoisotopic (exact) mass is 1160 g/mol. The van der Waals surface area contributed by atoms with Crippen molar-refractivity contribution in [1.82, 2.24) is 5.32 Å². The number of hydrogen-bond acceptors (Lipinski definition) is 5. The van der Waals surface area contributed by atoms with Crippen molar-refractivity contribution in [2.75, 3.05) is 13.2 Å². The molecule has 0 aliphatic carbocycles. The van der Waals surface area contributed by atoms with Crippen molar-refractivity contribution < 1.29 is 24.5 Å². The van der Waals surface area contributed by atoms with Crippen molar-refractivity contribution in [2.45, 2.75) is 418 Å². The molecule has 0 spiro atoms. The van der Waals surface area contributed by atoms with Gasteiger partial charge in [-0.1, -0.05) is 351 Å². The number of allylic oxidation sites excluding steroid dienone is 7. The second kappa shape index (κ2) is 72.3. The van der Waals surface area contributed by atoms with E-state index in [-0.39, 0.29) is 18.5 Å². The second-order valence-electron chi connectivity index (χ2n) is 25.6. The molecule has 2 unspecified atom stereocenters. The predicted molar refractivity (Wildman–Crippen MR) is 366 cm³/mol. The lowest BCUT2D eigenvalue weighted by Gasteiger charge is -2.20. The number of esters is 1. The van der Waals surface area contributed by atoms with E-state index in [4.69, 9.17) is 4.74 Å². The Morgan fingerprint density at radius 1 is 0.337 bits per heavy atom. The second-order valence-corrected chi connectivity index (χ2v) is 25.6. The number of aliphatic hydroxyl groups excluding tert-OH is 2. The molecule has 0 bridgehead atoms. The lowest BCUT2D eigenvalue weighted by atomic mass is 10.0. The molecule has 0 aromatic rings. The van der Waals surface area contributed by atoms with Crippen molar-refractivity contribution in [2.24, 2.45) is 0 Å². The average molecular weight is 1170 g/mol. The Kier molecular flexibility index (Phi) is 70.4. The zero-order valence-electron chi connectivity index (χ0n) is 55.9. The smallest absolute Gasteiger partial charge is 0.305 e. The van der Waals surface area contributed by atoms with Crippen LogP contribution in [0.3, 0.4) is 0 Å². The summed E-state index contributed by atoms with van der Waals surface area (Å²) in [6.45, 7) is 4.92. The topological polar surface area (TPSA) is 95.9 Å². The van der Waals surface area contributed by atoms with E-state index in [0.717, 1.165) is 51.4 Å². The van der Waals surface area contributed by atoms with E-state index in [1.807, 2.05) is 6.08 Å². The molecule has 488 valence electrons. The Morgan fingerprint density at radius 3 is 0.928 bits per heavy atom. The van der Waals surface area contributed by atoms with Crippen LogP contribution in [0.5, 0.6) is 0 Å². The fourth-order valence-electron chi connectivity index (χ4n) is 11.6. The maximum Gasteiger partial charge on any atom is 0.305 e. The van der Waals surface area contributed by atoms with E-state index < -0.39 is 12.1 Å². The number of unbranched alkanes of at least 4 members (excludes halogenated alkanes) is 53. The summed E-state index contributed by atoms with van der Waals surface area (Å²) in [4.78, 5) is 24.6. The summed E-state index contributed by atoms with van der Waals surface area (Å²) in [5.74, 6) is -0.0505. The normalized spacial score (nSPS) is 12.8. The third-order valence-electron chi connectivity index (χ3n) is 17.3. The van der Waals surface area contributed by atoms with Gasteiger partial charge in [-0.3, -0.25) is 9.59 Å². The molecule has 0 heterocycles. The first-order chi connectivity index (χ1) is 41.0. The lowest BCUT2D eigenvalue weighted by Crippen LogP contribution is -2.45. The molecule has 0 rings (SSSR count). The summed E-state index contributed by atoms with van der Waals surface area (Å²) in [7, 11) is 0. The Balaban J connectivity index is 3.37. The first-order valence-electron chi connectivity index (χ1n) is 37.4. The summed E-state index contributed by atoms with van der Waals surface area (Å²) in [6, 6.07) is -0.626. The van der Waals surface area contributed by atoms with E-state index in [1.165, 1.54) is 327 Å². The fraction of sp³-hybridized carbons (Fsp3) is 0.870. The summed E-state index contributed by atoms with van der Waals surface area (Å²) >= 11 is 0. The summed E-state index contributed by atoms with van der Waals surface area (Å²) in [6.07, 6.45) is 95.0. The SMILES string of the molecule is CCCCCCCC/C=C\CCCCCCCCCC(=O)OCCCCCCCCCCCCC/C=C\C/C=C\CCCCCCCCCCCCCCCCCCCC(=O)NC(CO)C(O)/C=C/CCCCCCCCCCCCCC. The van der Waals surface area contributed by atoms with Crippen molar-refractivity contribution in [1.29, 1.82) is 0 Å². The van der Waals surface area contributed by atoms with Crippen LogP contribution in [0, 0.1) is 0 Å². The van der Waals surface area contributed by atoms with Crippen LogP contribution in [0.4, 0.5) is 0 Å². The average Bonchev–Trinajstić information content (AvgIpc) is 3.49. The van der Waals surface area contributed by atoms with Gasteiger partial charge in [0.25, 0.3) is 0 Å². The number of amides is 1. The molecule has 6 nitrogen and oxygen atoms in total. The summed E-state index contributed by atoms with van der Waals surface area (Å²) in [5, 5.41) is 23.2. The van der Waals surface area contributed by atoms with Gasteiger partial charge in [0, 0.05) is 12.8 Å². The van der Waals surface area contributed by atoms with E-state index >= 15 is 0 Å². The Hall–Kier alpha value is -2.18. The van der Waals surface area contributed by atoms with Gasteiger partial charge in [0.15, 0.2) is 0 Å². The zero-order chi connectivity index (χ0) is 59.9. The quantitative estimate of drug-likeness (QED) is 0.0320. The summed E-state index contributed by atoms with van der Waals surface area (Å²) in [5.41, 5.74) is 0. The molecule has 1 amide bonds. The molecule has 0 saturated carbocycles. The largest absolute Gasteiger partial charge is 0.466 e. The first kappa shape index (κ1) is 80.8. The number of carbonyl (C=O) groups is 2. The summed E-state index contributed by atoms with van der Waals surface area (Å²) < 4.78 is 5.50. The van der Waals surface area contributed by atoms with Crippen molar-refractivity contribution >= 4 is 11.9 Å². The first-order valence-corrected chi connectivity index (χ1v) is 37.4. The van der Waals surface area contributed by atoms with Crippen molar-refractivity contribution in [3.05, 3.63) is 48.6 Å². The van der Waals surface area contributed by atoms with Crippen LogP contribution >= 0.6 is 0 Å². The van der Waals surface area contributed by atoms with Gasteiger partial charge in [-0.05, 0) is 89.9 Å². The Labute approximate surface area is 518 Å². The Morgan fingerprint density at radius 2 is 0.602 bits per heavy atom. The molecule has 0 aromatic heterocycles. The zero-order valence-corrected chi connectivity index (χ0v) is 55.9. The van der Waals surface area contributed by atoms with E-state index in [2.05, 4.69) is 55.6 Å². The van der Waals surface area contributed by atoms with Crippen LogP contribution in [0.25, 0.3) is 0 Å². The maximum absolute atomic E-state index is 12.5. The molecule has 0 aliphatic rings. The molecule has 0 fully saturated rings. The number of aliphatic hydroxyl groups is 2. The van der Waals surface area contributed by atoms with Crippen LogP contribution in [-0.2, 0) is 14.3 Å². The standard InChI is InChI=1S/C77H145NO5/c1-3-5-7-9-11-13-15-17-19-39-43-47-51-55-59-63-67-71-77(82)83-72-68-64-60-56-52-48-44-41-38-36-34-32-30-28-26-24-22-20-21-23-25-27-29-31-33-35-37-40-42-46-50-54-58-62-66-70-76(81)78-74(73-79)75(80)69-65-61-57-53-49-45-18-16-14-12-10-8-6-4-2/h17,19,22,24,28,30,65,69,74-75,79-80H,3-16,18,20-21,23,25-27,29,31-64,66-68,70-73H2,1-2H3,(H,78,81)/b19-17-,24-22-,30-28-,69-65+. The molecule has 0 aromatic carbocycles. The van der Waals surface area contributed by atoms with E-state index in [9.17, 15) is 19.8 Å². The van der Waals surface area contributed by atoms with Crippen LogP contribution in [-0.4, -0.2) is 47.4 Å². The van der Waals surface area contributed by atoms with Gasteiger partial charge in [-0.15, -0.1) is 0 Å². The van der Waals surface area contributed by atoms with Gasteiger partial charge >= 0.3 is 5.97 Å². The predicted octanol–water partition coefficient (Wildman–Crippen LogP) is 24.4. The van der Waals surface area contributed by atoms with Crippen molar-refractivity contribution in [3.8, 4) is 0 Å². The van der Waals surface area contributed by atoms with Gasteiger partial charge in [0.05, 0.1) is 25.4 Å². The van der Waals surface area contributed by atoms with Crippen LogP contribution in [0.15, 0.2) is 48.6 Å². The van der Waals surface area contributed by atoms with Crippen LogP contribution < -0.4 is 5.32 Å². The molecule has 2 atom stereocenters. The number of ether oxygens (including phenoxy) is 1. The maximum atomic E-state index is 12.5. The van der Waals surface area contributed by atoms with Gasteiger partial charge in [0.1, 0.15) is 0 Å². The van der Waals surface area contributed by atoms with Crippen LogP contribution in [0.1, 0.15) is 406 Å². The minimum absolute atomic E-state index is 0.0135. The minimum atomic E-state index is -0.843. The van der Waals surface area contributed by atoms with Crippen molar-refractivity contribution in [3.63, 3.8) is 0 Å². The highest BCUT2D eigenvalue weighted by atomic mass is 16.5.